The van der Waals surface area contributed by atoms with E-state index in [-0.39, 0.29) is 12.1 Å². The molecule has 0 bridgehead atoms. The average molecular weight is 192 g/mol. The number of para-hydroxylation sites is 1. The zero-order valence-corrected chi connectivity index (χ0v) is 7.69. The predicted octanol–water partition coefficient (Wildman–Crippen LogP) is 1.21. The topological polar surface area (TPSA) is 53.7 Å². The summed E-state index contributed by atoms with van der Waals surface area (Å²) >= 11 is 0. The fourth-order valence-electron chi connectivity index (χ4n) is 1.09. The first-order chi connectivity index (χ1) is 6.84. The molecule has 0 aromatic heterocycles. The van der Waals surface area contributed by atoms with Crippen LogP contribution in [0.15, 0.2) is 30.3 Å². The van der Waals surface area contributed by atoms with E-state index in [0.29, 0.717) is 6.54 Å². The van der Waals surface area contributed by atoms with Crippen LogP contribution in [0.3, 0.4) is 0 Å². The first-order valence-electron chi connectivity index (χ1n) is 4.56. The van der Waals surface area contributed by atoms with E-state index >= 15 is 0 Å². The Morgan fingerprint density at radius 2 is 2.14 bits per heavy atom. The molecule has 0 radical (unpaired) electrons. The van der Waals surface area contributed by atoms with Crippen molar-refractivity contribution in [1.82, 2.24) is 5.32 Å². The van der Waals surface area contributed by atoms with Gasteiger partial charge in [-0.15, -0.1) is 0 Å². The number of nitrogens with one attached hydrogen (secondary N) is 2. The van der Waals surface area contributed by atoms with Gasteiger partial charge in [-0.25, -0.2) is 4.79 Å². The number of anilines is 1. The van der Waals surface area contributed by atoms with E-state index in [1.807, 2.05) is 30.3 Å². The summed E-state index contributed by atoms with van der Waals surface area (Å²) in [5.41, 5.74) is 0.793. The zero-order valence-electron chi connectivity index (χ0n) is 7.69. The zero-order chi connectivity index (χ0) is 9.80. The maximum absolute atomic E-state index is 11.3. The maximum Gasteiger partial charge on any atom is 0.319 e. The quantitative estimate of drug-likeness (QED) is 0.707. The van der Waals surface area contributed by atoms with Crippen LogP contribution in [0, 0.1) is 0 Å². The molecular weight excluding hydrogens is 180 g/mol. The van der Waals surface area contributed by atoms with Crippen LogP contribution in [0.25, 0.3) is 0 Å². The number of carbonyl (C=O) groups is 1. The van der Waals surface area contributed by atoms with Crippen LogP contribution in [-0.2, 0) is 4.74 Å². The number of carbonyl (C=O) groups excluding carboxylic acids is 1. The van der Waals surface area contributed by atoms with Gasteiger partial charge in [0.25, 0.3) is 0 Å². The molecule has 74 valence electrons. The molecule has 1 aromatic rings. The van der Waals surface area contributed by atoms with Crippen molar-refractivity contribution in [3.05, 3.63) is 30.3 Å². The number of hydrogen-bond acceptors (Lipinski definition) is 2. The number of epoxide rings is 1. The summed E-state index contributed by atoms with van der Waals surface area (Å²) in [7, 11) is 0. The molecule has 1 aromatic carbocycles. The minimum atomic E-state index is -0.188. The smallest absolute Gasteiger partial charge is 0.319 e. The van der Waals surface area contributed by atoms with E-state index in [0.717, 1.165) is 12.3 Å². The number of benzene rings is 1. The molecule has 0 unspecified atom stereocenters. The number of hydrogen-bond donors (Lipinski definition) is 2. The highest BCUT2D eigenvalue weighted by Crippen LogP contribution is 2.07. The van der Waals surface area contributed by atoms with E-state index in [9.17, 15) is 4.79 Å². The summed E-state index contributed by atoms with van der Waals surface area (Å²) in [5.74, 6) is 0. The van der Waals surface area contributed by atoms with Gasteiger partial charge in [0.05, 0.1) is 12.7 Å². The van der Waals surface area contributed by atoms with Gasteiger partial charge >= 0.3 is 6.03 Å². The first-order valence-corrected chi connectivity index (χ1v) is 4.56. The molecular formula is C10H12N2O2. The van der Waals surface area contributed by atoms with E-state index in [1.54, 1.807) is 0 Å². The van der Waals surface area contributed by atoms with Crippen molar-refractivity contribution in [2.75, 3.05) is 18.5 Å². The standard InChI is InChI=1S/C10H12N2O2/c13-10(11-6-9-7-14-9)12-8-4-2-1-3-5-8/h1-5,9H,6-7H2,(H2,11,12,13)/t9-/m0/s1. The van der Waals surface area contributed by atoms with Crippen LogP contribution in [0.4, 0.5) is 10.5 Å². The summed E-state index contributed by atoms with van der Waals surface area (Å²) in [4.78, 5) is 11.3. The highest BCUT2D eigenvalue weighted by molar-refractivity contribution is 5.89. The molecule has 1 saturated heterocycles. The Bertz CT molecular complexity index is 309. The molecule has 1 atom stereocenters. The summed E-state index contributed by atoms with van der Waals surface area (Å²) in [6, 6.07) is 9.15. The predicted molar refractivity (Wildman–Crippen MR) is 53.2 cm³/mol. The Balaban J connectivity index is 1.76. The molecule has 0 aliphatic carbocycles. The molecule has 4 heteroatoms. The molecule has 14 heavy (non-hydrogen) atoms. The molecule has 0 spiro atoms. The SMILES string of the molecule is O=C(NC[C@H]1CO1)Nc1ccccc1. The van der Waals surface area contributed by atoms with Crippen molar-refractivity contribution in [3.8, 4) is 0 Å². The van der Waals surface area contributed by atoms with Gasteiger partial charge in [0.15, 0.2) is 0 Å². The molecule has 1 heterocycles. The Morgan fingerprint density at radius 3 is 2.79 bits per heavy atom. The Morgan fingerprint density at radius 1 is 1.43 bits per heavy atom. The molecule has 1 fully saturated rings. The van der Waals surface area contributed by atoms with E-state index in [4.69, 9.17) is 4.74 Å². The second kappa shape index (κ2) is 4.11. The van der Waals surface area contributed by atoms with Gasteiger partial charge in [0.2, 0.25) is 0 Å². The van der Waals surface area contributed by atoms with Crippen molar-refractivity contribution in [1.29, 1.82) is 0 Å². The van der Waals surface area contributed by atoms with Gasteiger partial charge in [-0.1, -0.05) is 18.2 Å². The average Bonchev–Trinajstić information content (AvgIpc) is 3.00. The monoisotopic (exact) mass is 192 g/mol. The van der Waals surface area contributed by atoms with Gasteiger partial charge in [-0.2, -0.15) is 0 Å². The third-order valence-corrected chi connectivity index (χ3v) is 1.92. The van der Waals surface area contributed by atoms with Crippen LogP contribution in [-0.4, -0.2) is 25.3 Å². The summed E-state index contributed by atoms with van der Waals surface area (Å²) < 4.78 is 4.97. The lowest BCUT2D eigenvalue weighted by Crippen LogP contribution is -2.31. The van der Waals surface area contributed by atoms with Crippen LogP contribution in [0.1, 0.15) is 0 Å². The fraction of sp³-hybridized carbons (Fsp3) is 0.300. The highest BCUT2D eigenvalue weighted by Gasteiger charge is 2.22. The minimum absolute atomic E-state index is 0.188. The minimum Gasteiger partial charge on any atom is -0.371 e. The second-order valence-electron chi connectivity index (χ2n) is 3.16. The third-order valence-electron chi connectivity index (χ3n) is 1.92. The van der Waals surface area contributed by atoms with Crippen molar-refractivity contribution < 1.29 is 9.53 Å². The number of rotatable bonds is 3. The molecule has 1 aliphatic rings. The fourth-order valence-corrected chi connectivity index (χ4v) is 1.09. The Hall–Kier alpha value is -1.55. The second-order valence-corrected chi connectivity index (χ2v) is 3.16. The molecule has 2 rings (SSSR count). The van der Waals surface area contributed by atoms with Gasteiger partial charge < -0.3 is 15.4 Å². The van der Waals surface area contributed by atoms with E-state index in [1.165, 1.54) is 0 Å². The van der Waals surface area contributed by atoms with Crippen molar-refractivity contribution in [2.24, 2.45) is 0 Å². The van der Waals surface area contributed by atoms with Gasteiger partial charge in [-0.3, -0.25) is 0 Å². The Labute approximate surface area is 82.3 Å². The number of amides is 2. The van der Waals surface area contributed by atoms with Gasteiger partial charge in [-0.05, 0) is 12.1 Å². The van der Waals surface area contributed by atoms with Crippen molar-refractivity contribution in [3.63, 3.8) is 0 Å². The van der Waals surface area contributed by atoms with E-state index in [2.05, 4.69) is 10.6 Å². The normalized spacial score (nSPS) is 18.7. The summed E-state index contributed by atoms with van der Waals surface area (Å²) in [5, 5.41) is 5.44. The lowest BCUT2D eigenvalue weighted by Gasteiger charge is -2.05. The van der Waals surface area contributed by atoms with Crippen LogP contribution < -0.4 is 10.6 Å². The number of urea groups is 1. The lowest BCUT2D eigenvalue weighted by molar-refractivity contribution is 0.250. The third kappa shape index (κ3) is 2.74. The first kappa shape index (κ1) is 9.02. The number of ether oxygens (including phenoxy) is 1. The molecule has 0 saturated carbocycles. The lowest BCUT2D eigenvalue weighted by atomic mass is 10.3. The van der Waals surface area contributed by atoms with E-state index < -0.39 is 0 Å². The van der Waals surface area contributed by atoms with Crippen LogP contribution in [0.2, 0.25) is 0 Å². The summed E-state index contributed by atoms with van der Waals surface area (Å²) in [6.07, 6.45) is 0.219. The van der Waals surface area contributed by atoms with Gasteiger partial charge in [0, 0.05) is 12.2 Å². The van der Waals surface area contributed by atoms with Crippen molar-refractivity contribution in [2.45, 2.75) is 6.10 Å². The Kier molecular flexibility index (Phi) is 2.65. The van der Waals surface area contributed by atoms with Crippen molar-refractivity contribution >= 4 is 11.7 Å². The molecule has 2 N–H and O–H groups in total. The van der Waals surface area contributed by atoms with Gasteiger partial charge in [0.1, 0.15) is 0 Å². The molecule has 1 aliphatic heterocycles. The molecule has 2 amide bonds. The maximum atomic E-state index is 11.3. The largest absolute Gasteiger partial charge is 0.371 e. The van der Waals surface area contributed by atoms with Crippen LogP contribution >= 0.6 is 0 Å². The molecule has 4 nitrogen and oxygen atoms in total. The van der Waals surface area contributed by atoms with Crippen LogP contribution in [0.5, 0.6) is 0 Å². The highest BCUT2D eigenvalue weighted by atomic mass is 16.6. The summed E-state index contributed by atoms with van der Waals surface area (Å²) in [6.45, 7) is 1.34.